The summed E-state index contributed by atoms with van der Waals surface area (Å²) in [6, 6.07) is 0. The second kappa shape index (κ2) is 4.24. The average molecular weight is 314 g/mol. The lowest BCUT2D eigenvalue weighted by Gasteiger charge is -1.85. The average Bonchev–Trinajstić information content (AvgIpc) is 2.54. The van der Waals surface area contributed by atoms with Crippen LogP contribution in [0.25, 0.3) is 10.2 Å². The first-order valence-electron chi connectivity index (χ1n) is 4.19. The van der Waals surface area contributed by atoms with Gasteiger partial charge in [-0.15, -0.1) is 11.3 Å². The third kappa shape index (κ3) is 1.74. The van der Waals surface area contributed by atoms with Crippen molar-refractivity contribution >= 4 is 44.1 Å². The van der Waals surface area contributed by atoms with Gasteiger partial charge in [0.2, 0.25) is 0 Å². The largest absolute Gasteiger partial charge is 0.244 e. The highest BCUT2D eigenvalue weighted by molar-refractivity contribution is 14.1. The van der Waals surface area contributed by atoms with Crippen molar-refractivity contribution in [3.05, 3.63) is 21.0 Å². The molecule has 70 valence electrons. The van der Waals surface area contributed by atoms with Crippen LogP contribution in [0.1, 0.15) is 18.2 Å². The van der Waals surface area contributed by atoms with Crippen molar-refractivity contribution in [3.63, 3.8) is 0 Å². The minimum absolute atomic E-state index is 0.885. The molecule has 0 amide bonds. The van der Waals surface area contributed by atoms with E-state index in [0.717, 1.165) is 21.5 Å². The second-order valence-corrected chi connectivity index (χ2v) is 4.72. The number of fused-ring (bicyclic) bond motifs is 1. The normalized spacial score (nSPS) is 9.86. The SMILES string of the molecule is CCC#Cc1sc2ncncc2c1I. The van der Waals surface area contributed by atoms with E-state index in [2.05, 4.69) is 44.4 Å². The first-order valence-corrected chi connectivity index (χ1v) is 6.09. The molecule has 0 aliphatic rings. The van der Waals surface area contributed by atoms with Crippen molar-refractivity contribution in [2.75, 3.05) is 0 Å². The Hall–Kier alpha value is -0.670. The zero-order valence-corrected chi connectivity index (χ0v) is 10.5. The van der Waals surface area contributed by atoms with Gasteiger partial charge in [-0.25, -0.2) is 9.97 Å². The van der Waals surface area contributed by atoms with Crippen LogP contribution in [0.5, 0.6) is 0 Å². The molecule has 0 fully saturated rings. The molecule has 0 radical (unpaired) electrons. The van der Waals surface area contributed by atoms with Gasteiger partial charge in [-0.1, -0.05) is 18.8 Å². The van der Waals surface area contributed by atoms with Crippen LogP contribution >= 0.6 is 33.9 Å². The molecular formula is C10H7IN2S. The zero-order valence-electron chi connectivity index (χ0n) is 7.54. The zero-order chi connectivity index (χ0) is 9.97. The first kappa shape index (κ1) is 9.87. The molecule has 0 aromatic carbocycles. The molecule has 2 rings (SSSR count). The number of hydrogen-bond acceptors (Lipinski definition) is 3. The monoisotopic (exact) mass is 314 g/mol. The summed E-state index contributed by atoms with van der Waals surface area (Å²) in [5, 5.41) is 1.11. The van der Waals surface area contributed by atoms with Gasteiger partial charge in [0, 0.05) is 18.0 Å². The number of aromatic nitrogens is 2. The Kier molecular flexibility index (Phi) is 2.99. The fourth-order valence-electron chi connectivity index (χ4n) is 1.06. The molecule has 14 heavy (non-hydrogen) atoms. The number of nitrogens with zero attached hydrogens (tertiary/aromatic N) is 2. The van der Waals surface area contributed by atoms with Crippen molar-refractivity contribution in [1.82, 2.24) is 9.97 Å². The highest BCUT2D eigenvalue weighted by atomic mass is 127. The van der Waals surface area contributed by atoms with Crippen molar-refractivity contribution < 1.29 is 0 Å². The summed E-state index contributed by atoms with van der Waals surface area (Å²) in [6.07, 6.45) is 4.31. The van der Waals surface area contributed by atoms with Crippen LogP contribution in [0.3, 0.4) is 0 Å². The molecule has 4 heteroatoms. The third-order valence-electron chi connectivity index (χ3n) is 1.69. The smallest absolute Gasteiger partial charge is 0.128 e. The number of thiophene rings is 1. The Labute approximate surface area is 99.9 Å². The van der Waals surface area contributed by atoms with E-state index >= 15 is 0 Å². The van der Waals surface area contributed by atoms with Gasteiger partial charge in [0.1, 0.15) is 11.2 Å². The lowest BCUT2D eigenvalue weighted by Crippen LogP contribution is -1.76. The van der Waals surface area contributed by atoms with Crippen molar-refractivity contribution in [1.29, 1.82) is 0 Å². The lowest BCUT2D eigenvalue weighted by molar-refractivity contribution is 1.23. The molecule has 0 N–H and O–H groups in total. The van der Waals surface area contributed by atoms with E-state index in [-0.39, 0.29) is 0 Å². The fraction of sp³-hybridized carbons (Fsp3) is 0.200. The van der Waals surface area contributed by atoms with Gasteiger partial charge in [0.25, 0.3) is 0 Å². The topological polar surface area (TPSA) is 25.8 Å². The maximum absolute atomic E-state index is 4.21. The van der Waals surface area contributed by atoms with E-state index in [1.165, 1.54) is 3.57 Å². The maximum atomic E-state index is 4.21. The molecule has 0 saturated carbocycles. The standard InChI is InChI=1S/C10H7IN2S/c1-2-3-4-8-9(11)7-5-12-6-13-10(7)14-8/h5-6H,2H2,1H3. The predicted octanol–water partition coefficient (Wildman–Crippen LogP) is 3.06. The Morgan fingerprint density at radius 3 is 3.14 bits per heavy atom. The van der Waals surface area contributed by atoms with E-state index < -0.39 is 0 Å². The molecule has 0 spiro atoms. The molecule has 2 heterocycles. The molecule has 0 atom stereocenters. The van der Waals surface area contributed by atoms with Crippen LogP contribution in [0.4, 0.5) is 0 Å². The highest BCUT2D eigenvalue weighted by Crippen LogP contribution is 2.29. The first-order chi connectivity index (χ1) is 6.83. The molecule has 2 aromatic heterocycles. The Bertz CT molecular complexity index is 522. The quantitative estimate of drug-likeness (QED) is 0.552. The summed E-state index contributed by atoms with van der Waals surface area (Å²) >= 11 is 3.93. The molecule has 0 aliphatic heterocycles. The van der Waals surface area contributed by atoms with Crippen LogP contribution in [-0.4, -0.2) is 9.97 Å². The molecule has 2 nitrogen and oxygen atoms in total. The van der Waals surface area contributed by atoms with Crippen LogP contribution in [0.2, 0.25) is 0 Å². The van der Waals surface area contributed by atoms with Crippen LogP contribution in [0.15, 0.2) is 12.5 Å². The Morgan fingerprint density at radius 2 is 2.43 bits per heavy atom. The van der Waals surface area contributed by atoms with Gasteiger partial charge in [0.15, 0.2) is 0 Å². The summed E-state index contributed by atoms with van der Waals surface area (Å²) in [6.45, 7) is 2.05. The minimum atomic E-state index is 0.885. The molecular weight excluding hydrogens is 307 g/mol. The second-order valence-electron chi connectivity index (χ2n) is 2.64. The van der Waals surface area contributed by atoms with Gasteiger partial charge in [-0.2, -0.15) is 0 Å². The lowest BCUT2D eigenvalue weighted by atomic mass is 10.3. The van der Waals surface area contributed by atoms with E-state index in [1.807, 2.05) is 13.1 Å². The van der Waals surface area contributed by atoms with Crippen LogP contribution < -0.4 is 0 Å². The van der Waals surface area contributed by atoms with E-state index in [0.29, 0.717) is 0 Å². The van der Waals surface area contributed by atoms with Crippen molar-refractivity contribution in [3.8, 4) is 11.8 Å². The van der Waals surface area contributed by atoms with E-state index in [9.17, 15) is 0 Å². The van der Waals surface area contributed by atoms with Gasteiger partial charge >= 0.3 is 0 Å². The number of rotatable bonds is 0. The summed E-state index contributed by atoms with van der Waals surface area (Å²) < 4.78 is 1.17. The third-order valence-corrected chi connectivity index (χ3v) is 4.20. The number of halogens is 1. The fourth-order valence-corrected chi connectivity index (χ4v) is 2.99. The molecule has 0 saturated heterocycles. The predicted molar refractivity (Wildman–Crippen MR) is 67.3 cm³/mol. The maximum Gasteiger partial charge on any atom is 0.128 e. The summed E-state index contributed by atoms with van der Waals surface area (Å²) in [5.74, 6) is 6.22. The summed E-state index contributed by atoms with van der Waals surface area (Å²) in [7, 11) is 0. The molecule has 0 bridgehead atoms. The minimum Gasteiger partial charge on any atom is -0.244 e. The van der Waals surface area contributed by atoms with E-state index in [4.69, 9.17) is 0 Å². The van der Waals surface area contributed by atoms with Crippen LogP contribution in [0, 0.1) is 15.4 Å². The molecule has 0 unspecified atom stereocenters. The van der Waals surface area contributed by atoms with Crippen LogP contribution in [-0.2, 0) is 0 Å². The van der Waals surface area contributed by atoms with Gasteiger partial charge in [-0.05, 0) is 22.6 Å². The van der Waals surface area contributed by atoms with Crippen molar-refractivity contribution in [2.24, 2.45) is 0 Å². The summed E-state index contributed by atoms with van der Waals surface area (Å²) in [5.41, 5.74) is 0. The Morgan fingerprint density at radius 1 is 1.57 bits per heavy atom. The van der Waals surface area contributed by atoms with Crippen molar-refractivity contribution in [2.45, 2.75) is 13.3 Å². The Balaban J connectivity index is 2.62. The summed E-state index contributed by atoms with van der Waals surface area (Å²) in [4.78, 5) is 10.3. The van der Waals surface area contributed by atoms with Gasteiger partial charge in [-0.3, -0.25) is 0 Å². The van der Waals surface area contributed by atoms with Gasteiger partial charge in [0.05, 0.1) is 8.45 Å². The van der Waals surface area contributed by atoms with Gasteiger partial charge < -0.3 is 0 Å². The molecule has 0 aliphatic carbocycles. The highest BCUT2D eigenvalue weighted by Gasteiger charge is 2.07. The molecule has 2 aromatic rings. The number of hydrogen-bond donors (Lipinski definition) is 0. The van der Waals surface area contributed by atoms with E-state index in [1.54, 1.807) is 17.7 Å².